The number of hydrogen-bond acceptors (Lipinski definition) is 3. The molecule has 1 amide bonds. The van der Waals surface area contributed by atoms with E-state index in [0.717, 1.165) is 6.54 Å². The number of thiophene rings is 1. The highest BCUT2D eigenvalue weighted by atomic mass is 127. The van der Waals surface area contributed by atoms with Crippen molar-refractivity contribution in [2.24, 2.45) is 4.99 Å². The molecule has 1 aromatic heterocycles. The van der Waals surface area contributed by atoms with Gasteiger partial charge in [0.05, 0.1) is 10.6 Å². The predicted molar refractivity (Wildman–Crippen MR) is 112 cm³/mol. The molecular weight excluding hydrogens is 459 g/mol. The van der Waals surface area contributed by atoms with Crippen molar-refractivity contribution >= 4 is 58.8 Å². The highest BCUT2D eigenvalue weighted by Crippen LogP contribution is 2.14. The molecule has 2 rings (SSSR count). The molecule has 3 N–H and O–H groups in total. The Morgan fingerprint density at radius 1 is 1.17 bits per heavy atom. The van der Waals surface area contributed by atoms with Crippen LogP contribution < -0.4 is 16.0 Å². The number of hydrogen-bond donors (Lipinski definition) is 3. The minimum Gasteiger partial charge on any atom is -0.355 e. The average Bonchev–Trinajstić information content (AvgIpc) is 3.08. The van der Waals surface area contributed by atoms with Crippen LogP contribution in [0.25, 0.3) is 0 Å². The van der Waals surface area contributed by atoms with Crippen molar-refractivity contribution in [2.75, 3.05) is 20.1 Å². The van der Waals surface area contributed by atoms with Gasteiger partial charge in [-0.05, 0) is 34.5 Å². The fourth-order valence-electron chi connectivity index (χ4n) is 1.90. The highest BCUT2D eigenvalue weighted by molar-refractivity contribution is 14.0. The maximum absolute atomic E-state index is 12.0. The molecule has 1 aromatic carbocycles. The molecule has 0 saturated heterocycles. The fraction of sp³-hybridized carbons (Fsp3) is 0.250. The summed E-state index contributed by atoms with van der Waals surface area (Å²) >= 11 is 7.65. The SMILES string of the molecule is CN=C(NCCNC(=O)c1ccccc1Cl)NCc1ccsc1.I. The van der Waals surface area contributed by atoms with Crippen LogP contribution in [-0.2, 0) is 6.54 Å². The number of rotatable bonds is 6. The second-order valence-electron chi connectivity index (χ2n) is 4.72. The first kappa shape index (κ1) is 20.7. The lowest BCUT2D eigenvalue weighted by Crippen LogP contribution is -2.41. The minimum absolute atomic E-state index is 0. The van der Waals surface area contributed by atoms with E-state index in [-0.39, 0.29) is 29.9 Å². The smallest absolute Gasteiger partial charge is 0.252 e. The topological polar surface area (TPSA) is 65.5 Å². The van der Waals surface area contributed by atoms with Crippen LogP contribution in [0.5, 0.6) is 0 Å². The van der Waals surface area contributed by atoms with Gasteiger partial charge in [-0.2, -0.15) is 11.3 Å². The Morgan fingerprint density at radius 3 is 2.58 bits per heavy atom. The third-order valence-electron chi connectivity index (χ3n) is 3.09. The zero-order valence-electron chi connectivity index (χ0n) is 13.2. The molecule has 0 aliphatic carbocycles. The van der Waals surface area contributed by atoms with E-state index in [1.807, 2.05) is 5.38 Å². The van der Waals surface area contributed by atoms with Crippen molar-refractivity contribution < 1.29 is 4.79 Å². The molecule has 0 fully saturated rings. The Balaban J connectivity index is 0.00000288. The zero-order valence-corrected chi connectivity index (χ0v) is 17.1. The van der Waals surface area contributed by atoms with Crippen LogP contribution in [0.1, 0.15) is 15.9 Å². The van der Waals surface area contributed by atoms with Crippen molar-refractivity contribution in [1.29, 1.82) is 0 Å². The number of carbonyl (C=O) groups is 1. The standard InChI is InChI=1S/C16H19ClN4OS.HI/c1-18-16(21-10-12-6-9-23-11-12)20-8-7-19-15(22)13-4-2-3-5-14(13)17;/h2-6,9,11H,7-8,10H2,1H3,(H,19,22)(H2,18,20,21);1H. The number of carbonyl (C=O) groups excluding carboxylic acids is 1. The molecule has 0 bridgehead atoms. The van der Waals surface area contributed by atoms with Gasteiger partial charge in [0.25, 0.3) is 5.91 Å². The van der Waals surface area contributed by atoms with Crippen molar-refractivity contribution in [2.45, 2.75) is 6.54 Å². The molecule has 0 atom stereocenters. The molecule has 1 heterocycles. The van der Waals surface area contributed by atoms with Crippen molar-refractivity contribution in [3.63, 3.8) is 0 Å². The summed E-state index contributed by atoms with van der Waals surface area (Å²) < 4.78 is 0. The Hall–Kier alpha value is -1.32. The minimum atomic E-state index is -0.182. The van der Waals surface area contributed by atoms with Gasteiger partial charge in [0.1, 0.15) is 0 Å². The van der Waals surface area contributed by atoms with E-state index >= 15 is 0 Å². The summed E-state index contributed by atoms with van der Waals surface area (Å²) in [6, 6.07) is 9.05. The van der Waals surface area contributed by atoms with E-state index < -0.39 is 0 Å². The molecule has 0 aliphatic heterocycles. The van der Waals surface area contributed by atoms with Crippen LogP contribution in [0.3, 0.4) is 0 Å². The summed E-state index contributed by atoms with van der Waals surface area (Å²) in [7, 11) is 1.71. The average molecular weight is 479 g/mol. The van der Waals surface area contributed by atoms with Crippen LogP contribution >= 0.6 is 46.9 Å². The highest BCUT2D eigenvalue weighted by Gasteiger charge is 2.08. The van der Waals surface area contributed by atoms with Gasteiger partial charge in [-0.25, -0.2) is 0 Å². The second kappa shape index (κ2) is 11.3. The van der Waals surface area contributed by atoms with Gasteiger partial charge in [0.15, 0.2) is 5.96 Å². The van der Waals surface area contributed by atoms with Gasteiger partial charge in [-0.3, -0.25) is 9.79 Å². The Bertz CT molecular complexity index is 664. The number of aliphatic imine (C=N–C) groups is 1. The molecule has 8 heteroatoms. The summed E-state index contributed by atoms with van der Waals surface area (Å²) in [5.41, 5.74) is 1.69. The van der Waals surface area contributed by atoms with Gasteiger partial charge < -0.3 is 16.0 Å². The largest absolute Gasteiger partial charge is 0.355 e. The molecule has 0 unspecified atom stereocenters. The van der Waals surface area contributed by atoms with Gasteiger partial charge in [-0.15, -0.1) is 24.0 Å². The lowest BCUT2D eigenvalue weighted by Gasteiger charge is -2.12. The number of halogens is 2. The molecule has 5 nitrogen and oxygen atoms in total. The third-order valence-corrected chi connectivity index (χ3v) is 4.15. The Labute approximate surface area is 167 Å². The van der Waals surface area contributed by atoms with Crippen LogP contribution in [-0.4, -0.2) is 32.0 Å². The quantitative estimate of drug-likeness (QED) is 0.259. The summed E-state index contributed by atoms with van der Waals surface area (Å²) in [6.45, 7) is 1.76. The molecule has 0 aliphatic rings. The lowest BCUT2D eigenvalue weighted by atomic mass is 10.2. The maximum atomic E-state index is 12.0. The monoisotopic (exact) mass is 478 g/mol. The molecule has 130 valence electrons. The van der Waals surface area contributed by atoms with Crippen LogP contribution in [0, 0.1) is 0 Å². The lowest BCUT2D eigenvalue weighted by molar-refractivity contribution is 0.0954. The number of nitrogens with one attached hydrogen (secondary N) is 3. The van der Waals surface area contributed by atoms with Gasteiger partial charge >= 0.3 is 0 Å². The predicted octanol–water partition coefficient (Wildman–Crippen LogP) is 3.11. The van der Waals surface area contributed by atoms with E-state index in [2.05, 4.69) is 32.4 Å². The number of guanidine groups is 1. The van der Waals surface area contributed by atoms with E-state index in [4.69, 9.17) is 11.6 Å². The third kappa shape index (κ3) is 6.66. The summed E-state index contributed by atoms with van der Waals surface area (Å²) in [5.74, 6) is 0.516. The van der Waals surface area contributed by atoms with E-state index in [0.29, 0.717) is 29.6 Å². The molecule has 0 spiro atoms. The second-order valence-corrected chi connectivity index (χ2v) is 5.91. The first-order valence-electron chi connectivity index (χ1n) is 7.19. The van der Waals surface area contributed by atoms with Crippen molar-refractivity contribution in [3.05, 3.63) is 57.2 Å². The molecule has 24 heavy (non-hydrogen) atoms. The van der Waals surface area contributed by atoms with Gasteiger partial charge in [0.2, 0.25) is 0 Å². The van der Waals surface area contributed by atoms with E-state index in [1.165, 1.54) is 5.56 Å². The summed E-state index contributed by atoms with van der Waals surface area (Å²) in [6.07, 6.45) is 0. The maximum Gasteiger partial charge on any atom is 0.252 e. The Kier molecular flexibility index (Phi) is 9.73. The molecule has 2 aromatic rings. The Morgan fingerprint density at radius 2 is 1.92 bits per heavy atom. The number of amides is 1. The first-order chi connectivity index (χ1) is 11.2. The molecule has 0 radical (unpaired) electrons. The van der Waals surface area contributed by atoms with Crippen molar-refractivity contribution in [3.8, 4) is 0 Å². The van der Waals surface area contributed by atoms with E-state index in [9.17, 15) is 4.79 Å². The number of nitrogens with zero attached hydrogens (tertiary/aromatic N) is 1. The van der Waals surface area contributed by atoms with Crippen LogP contribution in [0.15, 0.2) is 46.1 Å². The number of benzene rings is 1. The first-order valence-corrected chi connectivity index (χ1v) is 8.51. The zero-order chi connectivity index (χ0) is 16.5. The fourth-order valence-corrected chi connectivity index (χ4v) is 2.79. The molecular formula is C16H20ClIN4OS. The van der Waals surface area contributed by atoms with Crippen LogP contribution in [0.2, 0.25) is 5.02 Å². The van der Waals surface area contributed by atoms with Crippen molar-refractivity contribution in [1.82, 2.24) is 16.0 Å². The van der Waals surface area contributed by atoms with E-state index in [1.54, 1.807) is 42.6 Å². The summed E-state index contributed by atoms with van der Waals surface area (Å²) in [4.78, 5) is 16.1. The van der Waals surface area contributed by atoms with Crippen LogP contribution in [0.4, 0.5) is 0 Å². The van der Waals surface area contributed by atoms with Gasteiger partial charge in [0, 0.05) is 26.7 Å². The van der Waals surface area contributed by atoms with Gasteiger partial charge in [-0.1, -0.05) is 23.7 Å². The molecule has 0 saturated carbocycles. The summed E-state index contributed by atoms with van der Waals surface area (Å²) in [5, 5.41) is 13.8. The normalized spacial score (nSPS) is 10.7.